The summed E-state index contributed by atoms with van der Waals surface area (Å²) in [6.45, 7) is 1.86. The van der Waals surface area contributed by atoms with Crippen molar-refractivity contribution in [3.8, 4) is 0 Å². The second-order valence-electron chi connectivity index (χ2n) is 4.01. The van der Waals surface area contributed by atoms with Gasteiger partial charge in [-0.3, -0.25) is 4.79 Å². The van der Waals surface area contributed by atoms with Crippen LogP contribution in [-0.2, 0) is 4.74 Å². The number of hydrogen-bond donors (Lipinski definition) is 1. The molecule has 0 radical (unpaired) electrons. The summed E-state index contributed by atoms with van der Waals surface area (Å²) in [4.78, 5) is 24.0. The van der Waals surface area contributed by atoms with Crippen molar-refractivity contribution in [3.05, 3.63) is 45.6 Å². The highest BCUT2D eigenvalue weighted by Crippen LogP contribution is 2.23. The summed E-state index contributed by atoms with van der Waals surface area (Å²) >= 11 is 11.7. The Balaban J connectivity index is 2.38. The minimum absolute atomic E-state index is 0.0234. The summed E-state index contributed by atoms with van der Waals surface area (Å²) < 4.78 is 5.71. The van der Waals surface area contributed by atoms with Gasteiger partial charge in [-0.25, -0.2) is 4.79 Å². The fraction of sp³-hybridized carbons (Fsp3) is 0.154. The van der Waals surface area contributed by atoms with Gasteiger partial charge >= 0.3 is 5.97 Å². The lowest BCUT2D eigenvalue weighted by atomic mass is 10.2. The average Bonchev–Trinajstić information content (AvgIpc) is 2.80. The number of nitrogens with two attached hydrogens (primary N) is 1. The van der Waals surface area contributed by atoms with Crippen LogP contribution >= 0.6 is 23.2 Å². The number of nitrogen functional groups attached to an aromatic ring is 1. The molecule has 0 aliphatic carbocycles. The highest BCUT2D eigenvalue weighted by Gasteiger charge is 2.22. The number of aromatic nitrogens is 2. The summed E-state index contributed by atoms with van der Waals surface area (Å²) in [5.74, 6) is -1.31. The summed E-state index contributed by atoms with van der Waals surface area (Å²) in [5, 5.41) is 4.38. The topological polar surface area (TPSA) is 87.2 Å². The maximum Gasteiger partial charge on any atom is 0.343 e. The van der Waals surface area contributed by atoms with Crippen LogP contribution in [0.3, 0.4) is 0 Å². The number of rotatable bonds is 3. The molecule has 21 heavy (non-hydrogen) atoms. The van der Waals surface area contributed by atoms with E-state index in [1.807, 2.05) is 0 Å². The van der Waals surface area contributed by atoms with Gasteiger partial charge in [0.1, 0.15) is 11.4 Å². The molecule has 1 aromatic heterocycles. The quantitative estimate of drug-likeness (QED) is 0.875. The Morgan fingerprint density at radius 2 is 2.05 bits per heavy atom. The lowest BCUT2D eigenvalue weighted by Crippen LogP contribution is -2.17. The van der Waals surface area contributed by atoms with E-state index in [1.165, 1.54) is 24.4 Å². The van der Waals surface area contributed by atoms with Crippen LogP contribution in [-0.4, -0.2) is 28.3 Å². The molecule has 2 N–H and O–H groups in total. The summed E-state index contributed by atoms with van der Waals surface area (Å²) in [7, 11) is 0. The first-order valence-corrected chi connectivity index (χ1v) is 6.71. The fourth-order valence-electron chi connectivity index (χ4n) is 1.66. The van der Waals surface area contributed by atoms with Gasteiger partial charge in [0.25, 0.3) is 5.91 Å². The van der Waals surface area contributed by atoms with Gasteiger partial charge in [-0.1, -0.05) is 23.2 Å². The molecule has 0 bridgehead atoms. The Morgan fingerprint density at radius 3 is 2.67 bits per heavy atom. The van der Waals surface area contributed by atoms with Crippen molar-refractivity contribution < 1.29 is 14.3 Å². The van der Waals surface area contributed by atoms with Crippen LogP contribution in [0.4, 0.5) is 5.82 Å². The van der Waals surface area contributed by atoms with Crippen molar-refractivity contribution in [3.63, 3.8) is 0 Å². The second kappa shape index (κ2) is 6.15. The van der Waals surface area contributed by atoms with Crippen molar-refractivity contribution in [2.45, 2.75) is 6.92 Å². The Hall–Kier alpha value is -2.05. The van der Waals surface area contributed by atoms with Gasteiger partial charge in [-0.15, -0.1) is 0 Å². The number of halogens is 2. The van der Waals surface area contributed by atoms with Gasteiger partial charge < -0.3 is 10.5 Å². The molecule has 0 aliphatic rings. The first-order valence-electron chi connectivity index (χ1n) is 5.96. The van der Waals surface area contributed by atoms with Gasteiger partial charge in [-0.2, -0.15) is 9.78 Å². The Labute approximate surface area is 130 Å². The molecule has 0 amide bonds. The molecule has 0 spiro atoms. The van der Waals surface area contributed by atoms with E-state index in [0.717, 1.165) is 4.68 Å². The number of carbonyl (C=O) groups is 2. The first-order chi connectivity index (χ1) is 9.95. The minimum atomic E-state index is -0.642. The second-order valence-corrected chi connectivity index (χ2v) is 4.85. The van der Waals surface area contributed by atoms with Crippen LogP contribution < -0.4 is 5.73 Å². The van der Waals surface area contributed by atoms with E-state index >= 15 is 0 Å². The monoisotopic (exact) mass is 327 g/mol. The maximum atomic E-state index is 12.3. The molecule has 110 valence electrons. The van der Waals surface area contributed by atoms with Crippen molar-refractivity contribution in [1.82, 2.24) is 9.78 Å². The van der Waals surface area contributed by atoms with E-state index in [1.54, 1.807) is 6.92 Å². The van der Waals surface area contributed by atoms with Crippen molar-refractivity contribution in [1.29, 1.82) is 0 Å². The summed E-state index contributed by atoms with van der Waals surface area (Å²) in [6.07, 6.45) is 1.18. The standard InChI is InChI=1S/C13H11Cl2N3O3/c1-2-21-13(20)9-6-17-18(11(9)16)12(19)8-4-3-7(14)5-10(8)15/h3-6H,2,16H2,1H3. The van der Waals surface area contributed by atoms with Gasteiger partial charge in [0.2, 0.25) is 0 Å². The van der Waals surface area contributed by atoms with Gasteiger partial charge in [0, 0.05) is 5.02 Å². The van der Waals surface area contributed by atoms with Gasteiger partial charge in [-0.05, 0) is 25.1 Å². The SMILES string of the molecule is CCOC(=O)c1cnn(C(=O)c2ccc(Cl)cc2Cl)c1N. The summed E-state index contributed by atoms with van der Waals surface area (Å²) in [6, 6.07) is 4.41. The lowest BCUT2D eigenvalue weighted by molar-refractivity contribution is 0.0527. The van der Waals surface area contributed by atoms with Crippen molar-refractivity contribution in [2.24, 2.45) is 0 Å². The Kier molecular flexibility index (Phi) is 4.50. The molecule has 2 aromatic rings. The molecule has 2 rings (SSSR count). The molecule has 0 aliphatic heterocycles. The maximum absolute atomic E-state index is 12.3. The highest BCUT2D eigenvalue weighted by atomic mass is 35.5. The number of ether oxygens (including phenoxy) is 1. The van der Waals surface area contributed by atoms with Crippen LogP contribution in [0.15, 0.2) is 24.4 Å². The number of esters is 1. The molecule has 0 atom stereocenters. The first kappa shape index (κ1) is 15.3. The van der Waals surface area contributed by atoms with Crippen LogP contribution in [0.1, 0.15) is 27.6 Å². The number of nitrogens with zero attached hydrogens (tertiary/aromatic N) is 2. The molecule has 0 fully saturated rings. The molecular formula is C13H11Cl2N3O3. The van der Waals surface area contributed by atoms with E-state index in [4.69, 9.17) is 33.7 Å². The predicted molar refractivity (Wildman–Crippen MR) is 78.8 cm³/mol. The van der Waals surface area contributed by atoms with Crippen molar-refractivity contribution >= 4 is 40.9 Å². The van der Waals surface area contributed by atoms with Gasteiger partial charge in [0.15, 0.2) is 0 Å². The van der Waals surface area contributed by atoms with E-state index in [0.29, 0.717) is 5.02 Å². The van der Waals surface area contributed by atoms with Crippen LogP contribution in [0.2, 0.25) is 10.0 Å². The van der Waals surface area contributed by atoms with Crippen LogP contribution in [0.5, 0.6) is 0 Å². The summed E-state index contributed by atoms with van der Waals surface area (Å²) in [5.41, 5.74) is 5.96. The van der Waals surface area contributed by atoms with E-state index in [9.17, 15) is 9.59 Å². The van der Waals surface area contributed by atoms with Crippen LogP contribution in [0, 0.1) is 0 Å². The van der Waals surface area contributed by atoms with Crippen LogP contribution in [0.25, 0.3) is 0 Å². The number of hydrogen-bond acceptors (Lipinski definition) is 5. The number of carbonyl (C=O) groups excluding carboxylic acids is 2. The smallest absolute Gasteiger partial charge is 0.343 e. The molecule has 8 heteroatoms. The molecule has 0 saturated carbocycles. The molecule has 1 aromatic carbocycles. The largest absolute Gasteiger partial charge is 0.462 e. The lowest BCUT2D eigenvalue weighted by Gasteiger charge is -2.06. The minimum Gasteiger partial charge on any atom is -0.462 e. The third-order valence-corrected chi connectivity index (χ3v) is 3.20. The third kappa shape index (κ3) is 3.01. The molecular weight excluding hydrogens is 317 g/mol. The van der Waals surface area contributed by atoms with E-state index < -0.39 is 11.9 Å². The molecule has 0 unspecified atom stereocenters. The molecule has 1 heterocycles. The molecule has 0 saturated heterocycles. The van der Waals surface area contributed by atoms with E-state index in [2.05, 4.69) is 5.10 Å². The highest BCUT2D eigenvalue weighted by molar-refractivity contribution is 6.36. The van der Waals surface area contributed by atoms with E-state index in [-0.39, 0.29) is 28.6 Å². The fourth-order valence-corrected chi connectivity index (χ4v) is 2.15. The zero-order chi connectivity index (χ0) is 15.6. The van der Waals surface area contributed by atoms with Crippen molar-refractivity contribution in [2.75, 3.05) is 12.3 Å². The average molecular weight is 328 g/mol. The Morgan fingerprint density at radius 1 is 1.33 bits per heavy atom. The Bertz CT molecular complexity index is 713. The third-order valence-electron chi connectivity index (χ3n) is 2.66. The van der Waals surface area contributed by atoms with Gasteiger partial charge in [0.05, 0.1) is 23.4 Å². The number of anilines is 1. The number of benzene rings is 1. The zero-order valence-electron chi connectivity index (χ0n) is 11.0. The molecule has 6 nitrogen and oxygen atoms in total. The zero-order valence-corrected chi connectivity index (χ0v) is 12.5. The normalized spacial score (nSPS) is 10.4. The predicted octanol–water partition coefficient (Wildman–Crippen LogP) is 2.64.